The molecule has 296 valence electrons. The van der Waals surface area contributed by atoms with Gasteiger partial charge in [0.15, 0.2) is 11.6 Å². The van der Waals surface area contributed by atoms with Crippen molar-refractivity contribution in [1.82, 2.24) is 0 Å². The summed E-state index contributed by atoms with van der Waals surface area (Å²) in [5.41, 5.74) is 2.73. The number of ketones is 2. The van der Waals surface area contributed by atoms with E-state index in [0.29, 0.717) is 37.5 Å². The molecular formula is C50H60O6. The molecule has 0 spiro atoms. The molecule has 4 aromatic rings. The minimum Gasteiger partial charge on any atom is -0.387 e. The molecule has 6 heteroatoms. The predicted octanol–water partition coefficient (Wildman–Crippen LogP) is 9.06. The smallest absolute Gasteiger partial charge is 0.159 e. The topological polar surface area (TPSA) is 115 Å². The summed E-state index contributed by atoms with van der Waals surface area (Å²) in [6.45, 7) is 11.1. The molecule has 0 saturated heterocycles. The van der Waals surface area contributed by atoms with Crippen molar-refractivity contribution in [3.63, 3.8) is 0 Å². The predicted molar refractivity (Wildman–Crippen MR) is 221 cm³/mol. The number of aliphatic hydroxyl groups is 4. The highest BCUT2D eigenvalue weighted by Crippen LogP contribution is 2.61. The summed E-state index contributed by atoms with van der Waals surface area (Å²) in [6.07, 6.45) is 7.69. The molecule has 4 aliphatic carbocycles. The van der Waals surface area contributed by atoms with Crippen LogP contribution in [0, 0.1) is 11.8 Å². The normalized spacial score (nSPS) is 34.4. The maximum Gasteiger partial charge on any atom is 0.159 e. The first-order chi connectivity index (χ1) is 26.5. The summed E-state index contributed by atoms with van der Waals surface area (Å²) in [7, 11) is 0. The molecule has 0 unspecified atom stereocenters. The van der Waals surface area contributed by atoms with Crippen LogP contribution in [0.3, 0.4) is 0 Å². The molecule has 56 heavy (non-hydrogen) atoms. The van der Waals surface area contributed by atoms with E-state index in [1.165, 1.54) is 22.3 Å². The SMILES string of the molecule is CC[C@@]12C[C@@](C)(O)[C@](O)(c3ccccc3)C[C@H]1CCc1cc(C(C)=O)ccc12.CC[C@@]12C[C@](C)(O)[C@](O)(c3ccccc3)C[C@H]1CCc1cc(C(C)=O)ccc12. The third-order valence-corrected chi connectivity index (χ3v) is 15.1. The van der Waals surface area contributed by atoms with Gasteiger partial charge in [0.25, 0.3) is 0 Å². The fraction of sp³-hybridized carbons (Fsp3) is 0.480. The fourth-order valence-electron chi connectivity index (χ4n) is 11.9. The average Bonchev–Trinajstić information content (AvgIpc) is 3.19. The lowest BCUT2D eigenvalue weighted by Crippen LogP contribution is -2.62. The van der Waals surface area contributed by atoms with Crippen LogP contribution in [0.15, 0.2) is 97.1 Å². The molecule has 0 aliphatic heterocycles. The molecule has 4 aliphatic rings. The quantitative estimate of drug-likeness (QED) is 0.146. The molecule has 8 rings (SSSR count). The minimum absolute atomic E-state index is 0.0876. The van der Waals surface area contributed by atoms with Gasteiger partial charge in [0.2, 0.25) is 0 Å². The lowest BCUT2D eigenvalue weighted by molar-refractivity contribution is -0.205. The van der Waals surface area contributed by atoms with Crippen molar-refractivity contribution in [2.45, 2.75) is 139 Å². The molecule has 4 aromatic carbocycles. The molecule has 2 fully saturated rings. The van der Waals surface area contributed by atoms with E-state index in [-0.39, 0.29) is 22.4 Å². The Morgan fingerprint density at radius 2 is 0.929 bits per heavy atom. The van der Waals surface area contributed by atoms with Gasteiger partial charge >= 0.3 is 0 Å². The number of carbonyl (C=O) groups excluding carboxylic acids is 2. The third-order valence-electron chi connectivity index (χ3n) is 15.1. The Kier molecular flexibility index (Phi) is 10.4. The Hall–Kier alpha value is -3.94. The second-order valence-corrected chi connectivity index (χ2v) is 18.1. The van der Waals surface area contributed by atoms with Crippen molar-refractivity contribution in [2.75, 3.05) is 0 Å². The molecular weight excluding hydrogens is 697 g/mol. The molecule has 0 heterocycles. The van der Waals surface area contributed by atoms with Crippen LogP contribution in [0.25, 0.3) is 0 Å². The van der Waals surface area contributed by atoms with Gasteiger partial charge in [-0.2, -0.15) is 0 Å². The molecule has 0 amide bonds. The first-order valence-electron chi connectivity index (χ1n) is 20.8. The zero-order chi connectivity index (χ0) is 40.3. The summed E-state index contributed by atoms with van der Waals surface area (Å²) < 4.78 is 0. The highest BCUT2D eigenvalue weighted by Gasteiger charge is 2.62. The number of hydrogen-bond donors (Lipinski definition) is 4. The molecule has 0 radical (unpaired) electrons. The Morgan fingerprint density at radius 1 is 0.571 bits per heavy atom. The largest absolute Gasteiger partial charge is 0.387 e. The Morgan fingerprint density at radius 3 is 1.25 bits per heavy atom. The van der Waals surface area contributed by atoms with Crippen LogP contribution in [0.5, 0.6) is 0 Å². The Bertz CT molecular complexity index is 1950. The average molecular weight is 757 g/mol. The molecule has 4 N–H and O–H groups in total. The van der Waals surface area contributed by atoms with Crippen molar-refractivity contribution < 1.29 is 30.0 Å². The van der Waals surface area contributed by atoms with Gasteiger partial charge in [0.1, 0.15) is 11.2 Å². The van der Waals surface area contributed by atoms with Crippen LogP contribution in [-0.2, 0) is 34.9 Å². The van der Waals surface area contributed by atoms with E-state index in [1.807, 2.05) is 84.9 Å². The summed E-state index contributed by atoms with van der Waals surface area (Å²) in [6, 6.07) is 31.4. The minimum atomic E-state index is -1.26. The summed E-state index contributed by atoms with van der Waals surface area (Å²) in [5.74, 6) is 0.756. The van der Waals surface area contributed by atoms with Gasteiger partial charge in [0.05, 0.1) is 11.2 Å². The van der Waals surface area contributed by atoms with Crippen molar-refractivity contribution in [2.24, 2.45) is 11.8 Å². The van der Waals surface area contributed by atoms with Crippen molar-refractivity contribution in [1.29, 1.82) is 0 Å². The van der Waals surface area contributed by atoms with Crippen molar-refractivity contribution in [3.05, 3.63) is 142 Å². The number of aryl methyl sites for hydroxylation is 2. The number of fused-ring (bicyclic) bond motifs is 6. The van der Waals surface area contributed by atoms with Crippen LogP contribution in [0.2, 0.25) is 0 Å². The standard InChI is InChI=1S/2C25H30O3/c2*1-4-24-16-23(3,27)25(28,20-8-6-5-7-9-20)15-21(24)12-10-19-14-18(17(2)26)11-13-22(19)24/h2*5-9,11,13-14,21,27-28H,4,10,12,15-16H2,1-3H3/t21-,23+,24-,25-;21-,23-,24-,25-/m11/s1. The van der Waals surface area contributed by atoms with E-state index in [1.54, 1.807) is 27.7 Å². The maximum absolute atomic E-state index is 11.8. The van der Waals surface area contributed by atoms with Gasteiger partial charge in [-0.15, -0.1) is 0 Å². The van der Waals surface area contributed by atoms with Gasteiger partial charge in [0, 0.05) is 22.0 Å². The lowest BCUT2D eigenvalue weighted by Gasteiger charge is -2.59. The Labute approximate surface area is 333 Å². The van der Waals surface area contributed by atoms with E-state index in [9.17, 15) is 30.0 Å². The van der Waals surface area contributed by atoms with Gasteiger partial charge < -0.3 is 20.4 Å². The summed E-state index contributed by atoms with van der Waals surface area (Å²) in [4.78, 5) is 23.7. The van der Waals surface area contributed by atoms with Crippen LogP contribution < -0.4 is 0 Å². The van der Waals surface area contributed by atoms with Gasteiger partial charge in [-0.25, -0.2) is 0 Å². The van der Waals surface area contributed by atoms with Crippen molar-refractivity contribution >= 4 is 11.6 Å². The summed E-state index contributed by atoms with van der Waals surface area (Å²) >= 11 is 0. The molecule has 2 saturated carbocycles. The van der Waals surface area contributed by atoms with Crippen LogP contribution in [-0.4, -0.2) is 43.2 Å². The van der Waals surface area contributed by atoms with E-state index < -0.39 is 22.4 Å². The molecule has 6 nitrogen and oxygen atoms in total. The number of benzene rings is 4. The maximum atomic E-state index is 11.8. The van der Waals surface area contributed by atoms with E-state index >= 15 is 0 Å². The number of carbonyl (C=O) groups is 2. The van der Waals surface area contributed by atoms with Gasteiger partial charge in [-0.1, -0.05) is 98.8 Å². The first kappa shape index (κ1) is 40.3. The van der Waals surface area contributed by atoms with Crippen LogP contribution in [0.1, 0.15) is 147 Å². The second-order valence-electron chi connectivity index (χ2n) is 18.1. The molecule has 0 aromatic heterocycles. The van der Waals surface area contributed by atoms with E-state index in [2.05, 4.69) is 26.0 Å². The molecule has 8 atom stereocenters. The van der Waals surface area contributed by atoms with Crippen LogP contribution >= 0.6 is 0 Å². The second kappa shape index (κ2) is 14.5. The zero-order valence-electron chi connectivity index (χ0n) is 34.1. The highest BCUT2D eigenvalue weighted by atomic mass is 16.4. The van der Waals surface area contributed by atoms with E-state index in [0.717, 1.165) is 60.8 Å². The highest BCUT2D eigenvalue weighted by molar-refractivity contribution is 5.95. The molecule has 0 bridgehead atoms. The van der Waals surface area contributed by atoms with Crippen LogP contribution in [0.4, 0.5) is 0 Å². The zero-order valence-corrected chi connectivity index (χ0v) is 34.1. The lowest BCUT2D eigenvalue weighted by atomic mass is 9.49. The number of Topliss-reactive ketones (excluding diaryl/α,β-unsaturated/α-hetero) is 2. The van der Waals surface area contributed by atoms with E-state index in [4.69, 9.17) is 0 Å². The van der Waals surface area contributed by atoms with Gasteiger partial charge in [-0.05, 0) is 149 Å². The first-order valence-corrected chi connectivity index (χ1v) is 20.8. The third kappa shape index (κ3) is 6.32. The Balaban J connectivity index is 0.000000172. The number of rotatable bonds is 6. The van der Waals surface area contributed by atoms with Gasteiger partial charge in [-0.3, -0.25) is 9.59 Å². The fourth-order valence-corrected chi connectivity index (χ4v) is 11.9. The van der Waals surface area contributed by atoms with Crippen molar-refractivity contribution in [3.8, 4) is 0 Å². The number of hydrogen-bond acceptors (Lipinski definition) is 6. The monoisotopic (exact) mass is 756 g/mol. The summed E-state index contributed by atoms with van der Waals surface area (Å²) in [5, 5.41) is 46.5.